The third kappa shape index (κ3) is 15.0. The molecule has 3 aliphatic heterocycles. The van der Waals surface area contributed by atoms with E-state index in [2.05, 4.69) is 26.3 Å². The summed E-state index contributed by atoms with van der Waals surface area (Å²) < 4.78 is 11.7. The van der Waals surface area contributed by atoms with E-state index in [1.54, 1.807) is 32.1 Å². The van der Waals surface area contributed by atoms with Crippen molar-refractivity contribution >= 4 is 58.6 Å². The number of thiazole rings is 1. The third-order valence-corrected chi connectivity index (χ3v) is 15.6. The van der Waals surface area contributed by atoms with Crippen molar-refractivity contribution in [3.8, 4) is 16.2 Å². The molecule has 420 valence electrons. The van der Waals surface area contributed by atoms with Gasteiger partial charge in [-0.1, -0.05) is 75.7 Å². The molecule has 18 nitrogen and oxygen atoms in total. The van der Waals surface area contributed by atoms with Gasteiger partial charge in [-0.15, -0.1) is 11.3 Å². The minimum absolute atomic E-state index is 0.00836. The van der Waals surface area contributed by atoms with Gasteiger partial charge in [-0.25, -0.2) is 9.78 Å². The zero-order valence-corrected chi connectivity index (χ0v) is 47.3. The topological polar surface area (TPSA) is 252 Å². The van der Waals surface area contributed by atoms with E-state index in [1.165, 1.54) is 9.80 Å². The number of carbonyl (C=O) groups is 7. The van der Waals surface area contributed by atoms with Gasteiger partial charge >= 0.3 is 6.09 Å². The van der Waals surface area contributed by atoms with Crippen molar-refractivity contribution in [2.45, 2.75) is 181 Å². The number of amides is 7. The molecule has 78 heavy (non-hydrogen) atoms. The number of aliphatic hydroxyl groups is 1. The van der Waals surface area contributed by atoms with Gasteiger partial charge < -0.3 is 46.5 Å². The highest BCUT2D eigenvalue weighted by Gasteiger charge is 2.46. The Morgan fingerprint density at radius 1 is 0.885 bits per heavy atom. The normalized spacial score (nSPS) is 19.2. The largest absolute Gasteiger partial charge is 0.491 e. The first-order valence-electron chi connectivity index (χ1n) is 27.2. The zero-order chi connectivity index (χ0) is 56.6. The summed E-state index contributed by atoms with van der Waals surface area (Å²) >= 11 is 1.57. The lowest BCUT2D eigenvalue weighted by atomic mass is 9.85. The van der Waals surface area contributed by atoms with E-state index in [9.17, 15) is 38.7 Å². The number of aromatic nitrogens is 1. The summed E-state index contributed by atoms with van der Waals surface area (Å²) in [6.07, 6.45) is 2.73. The SMILES string of the molecule is Cc1ccc(OC[C@H](CCC(N)=O)NC(=O)[C@@H]2Cc3cccc4c3N2C(=O)[C@@H](NC(=O)OC(C)(C)C)CC4)cc1CCCCCC(=O)N[C@H](C(=O)N1C[C@H](O)CC1C(=O)N[C@@H](C)c1ccc(-c2scnc2C)cc1)C(C)(C)C. The lowest BCUT2D eigenvalue weighted by Gasteiger charge is -2.35. The van der Waals surface area contributed by atoms with Crippen molar-refractivity contribution < 1.29 is 48.1 Å². The summed E-state index contributed by atoms with van der Waals surface area (Å²) in [5.74, 6) is -1.87. The van der Waals surface area contributed by atoms with Crippen molar-refractivity contribution in [1.29, 1.82) is 0 Å². The Morgan fingerprint density at radius 3 is 2.28 bits per heavy atom. The number of rotatable bonds is 21. The van der Waals surface area contributed by atoms with Gasteiger partial charge in [0.25, 0.3) is 0 Å². The number of aliphatic hydroxyl groups excluding tert-OH is 1. The first-order chi connectivity index (χ1) is 36.9. The van der Waals surface area contributed by atoms with Gasteiger partial charge in [-0.2, -0.15) is 0 Å². The number of alkyl carbamates (subject to hydrolysis) is 1. The predicted octanol–water partition coefficient (Wildman–Crippen LogP) is 6.83. The molecule has 1 saturated heterocycles. The Morgan fingerprint density at radius 2 is 1.60 bits per heavy atom. The molecule has 0 bridgehead atoms. The number of carbonyl (C=O) groups excluding carboxylic acids is 7. The number of β-amino-alcohol motifs (C(OH)–C–C–N with tert-alkyl or cyclic N) is 1. The highest BCUT2D eigenvalue weighted by molar-refractivity contribution is 7.13. The van der Waals surface area contributed by atoms with Crippen LogP contribution in [0.2, 0.25) is 0 Å². The van der Waals surface area contributed by atoms with Crippen LogP contribution in [0.3, 0.4) is 0 Å². The van der Waals surface area contributed by atoms with Crippen LogP contribution in [0, 0.1) is 19.3 Å². The number of hydrogen-bond acceptors (Lipinski definition) is 12. The number of likely N-dealkylation sites (tertiary alicyclic amines) is 1. The van der Waals surface area contributed by atoms with Crippen molar-refractivity contribution in [3.63, 3.8) is 0 Å². The quantitative estimate of drug-likeness (QED) is 0.0472. The van der Waals surface area contributed by atoms with Crippen LogP contribution < -0.4 is 36.6 Å². The van der Waals surface area contributed by atoms with E-state index >= 15 is 0 Å². The van der Waals surface area contributed by atoms with Crippen LogP contribution in [0.4, 0.5) is 10.5 Å². The molecule has 7 N–H and O–H groups in total. The van der Waals surface area contributed by atoms with Crippen LogP contribution in [-0.2, 0) is 52.8 Å². The second kappa shape index (κ2) is 25.3. The standard InChI is InChI=1S/C59H78N8O10S/c1-34-18-25-44(76-32-42(24-27-48(60)69)63-54(72)47-29-41-16-13-15-38-23-26-45(55(73)67(47)50(38)41)64-57(75)77-59(7,8)9)28-40(34)14-11-10-12-17-49(70)65-52(58(4,5)6)56(74)66-31-43(68)30-46(66)53(71)62-35(2)37-19-21-39(22-20-37)51-36(3)61-33-78-51/h13,15-16,18-22,25,28,33,35,42-43,45-47,52,68H,10-12,14,17,23-24,26-27,29-32H2,1-9H3,(H2,60,69)(H,62,71)(H,63,72)(H,64,75)(H,65,70)/t35-,42-,43+,45-,46?,47-,52+/m0/s1. The summed E-state index contributed by atoms with van der Waals surface area (Å²) in [4.78, 5) is 103. The minimum atomic E-state index is -0.936. The molecule has 1 unspecified atom stereocenters. The molecule has 4 aromatic rings. The third-order valence-electron chi connectivity index (χ3n) is 14.7. The summed E-state index contributed by atoms with van der Waals surface area (Å²) in [6.45, 7) is 16.7. The van der Waals surface area contributed by atoms with Gasteiger partial charge in [0.15, 0.2) is 0 Å². The molecule has 3 aromatic carbocycles. The Kier molecular flexibility index (Phi) is 19.1. The molecule has 1 fully saturated rings. The van der Waals surface area contributed by atoms with Crippen LogP contribution in [0.5, 0.6) is 5.75 Å². The number of hydrogen-bond donors (Lipinski definition) is 6. The van der Waals surface area contributed by atoms with E-state index in [0.717, 1.165) is 56.8 Å². The fraction of sp³-hybridized carbons (Fsp3) is 0.525. The van der Waals surface area contributed by atoms with E-state index < -0.39 is 77.1 Å². The van der Waals surface area contributed by atoms with Gasteiger partial charge in [0.05, 0.1) is 40.0 Å². The number of ether oxygens (including phenoxy) is 2. The molecular formula is C59H78N8O10S. The Bertz CT molecular complexity index is 2840. The molecule has 3 aliphatic rings. The van der Waals surface area contributed by atoms with Crippen molar-refractivity contribution in [3.05, 3.63) is 99.7 Å². The molecule has 0 spiro atoms. The number of unbranched alkanes of at least 4 members (excludes halogenated alkanes) is 2. The average Bonchev–Trinajstić information content (AvgIpc) is 4.17. The van der Waals surface area contributed by atoms with E-state index in [-0.39, 0.29) is 63.1 Å². The highest BCUT2D eigenvalue weighted by Crippen LogP contribution is 2.39. The lowest BCUT2D eigenvalue weighted by molar-refractivity contribution is -0.144. The molecule has 0 radical (unpaired) electrons. The predicted molar refractivity (Wildman–Crippen MR) is 298 cm³/mol. The van der Waals surface area contributed by atoms with Crippen LogP contribution in [0.15, 0.2) is 66.2 Å². The molecule has 7 atom stereocenters. The Hall–Kier alpha value is -6.86. The summed E-state index contributed by atoms with van der Waals surface area (Å²) in [5.41, 5.74) is 13.3. The highest BCUT2D eigenvalue weighted by atomic mass is 32.1. The molecule has 19 heteroatoms. The number of primary amides is 1. The summed E-state index contributed by atoms with van der Waals surface area (Å²) in [5, 5.41) is 22.5. The molecule has 7 rings (SSSR count). The number of para-hydroxylation sites is 1. The second-order valence-corrected chi connectivity index (χ2v) is 24.0. The number of anilines is 1. The smallest absolute Gasteiger partial charge is 0.408 e. The molecule has 4 heterocycles. The van der Waals surface area contributed by atoms with Gasteiger partial charge in [0.1, 0.15) is 42.1 Å². The lowest BCUT2D eigenvalue weighted by Crippen LogP contribution is -2.57. The van der Waals surface area contributed by atoms with Crippen LogP contribution in [-0.4, -0.2) is 112 Å². The maximum absolute atomic E-state index is 14.3. The average molecular weight is 1090 g/mol. The monoisotopic (exact) mass is 1090 g/mol. The van der Waals surface area contributed by atoms with E-state index in [0.29, 0.717) is 37.1 Å². The van der Waals surface area contributed by atoms with Gasteiger partial charge in [0.2, 0.25) is 35.4 Å². The maximum atomic E-state index is 14.3. The van der Waals surface area contributed by atoms with Gasteiger partial charge in [-0.3, -0.25) is 33.7 Å². The molecule has 7 amide bonds. The fourth-order valence-corrected chi connectivity index (χ4v) is 11.3. The number of benzene rings is 3. The second-order valence-electron chi connectivity index (χ2n) is 23.1. The van der Waals surface area contributed by atoms with Crippen LogP contribution in [0.25, 0.3) is 10.4 Å². The first-order valence-corrected chi connectivity index (χ1v) is 28.1. The van der Waals surface area contributed by atoms with Crippen molar-refractivity contribution in [1.82, 2.24) is 31.2 Å². The first kappa shape index (κ1) is 58.8. The Balaban J connectivity index is 0.900. The summed E-state index contributed by atoms with van der Waals surface area (Å²) in [6, 6.07) is 14.7. The Labute approximate surface area is 462 Å². The molecule has 0 aliphatic carbocycles. The van der Waals surface area contributed by atoms with E-state index in [1.807, 2.05) is 108 Å². The van der Waals surface area contributed by atoms with E-state index in [4.69, 9.17) is 15.2 Å². The number of aryl methyl sites for hydroxylation is 4. The number of nitrogens with zero attached hydrogens (tertiary/aromatic N) is 3. The summed E-state index contributed by atoms with van der Waals surface area (Å²) in [7, 11) is 0. The molecule has 1 aromatic heterocycles. The zero-order valence-electron chi connectivity index (χ0n) is 46.5. The maximum Gasteiger partial charge on any atom is 0.408 e. The fourth-order valence-electron chi connectivity index (χ4n) is 10.5. The van der Waals surface area contributed by atoms with Crippen molar-refractivity contribution in [2.75, 3.05) is 18.1 Å². The van der Waals surface area contributed by atoms with Crippen LogP contribution >= 0.6 is 11.3 Å². The van der Waals surface area contributed by atoms with Crippen LogP contribution in [0.1, 0.15) is 139 Å². The van der Waals surface area contributed by atoms with Crippen molar-refractivity contribution in [2.24, 2.45) is 11.1 Å². The minimum Gasteiger partial charge on any atom is -0.491 e. The molecular weight excluding hydrogens is 1010 g/mol. The van der Waals surface area contributed by atoms with Gasteiger partial charge in [0, 0.05) is 32.2 Å². The number of nitrogens with two attached hydrogens (primary N) is 1. The number of nitrogens with one attached hydrogen (secondary N) is 4. The molecule has 0 saturated carbocycles. The van der Waals surface area contributed by atoms with Gasteiger partial charge in [-0.05, 0) is 131 Å².